The number of rotatable bonds is 6. The number of aliphatic hydroxyl groups excluding tert-OH is 1. The Morgan fingerprint density at radius 2 is 2.09 bits per heavy atom. The zero-order valence-corrected chi connectivity index (χ0v) is 20.9. The molecule has 4 nitrogen and oxygen atoms in total. The molecule has 3 N–H and O–H groups in total. The molecule has 0 radical (unpaired) electrons. The maximum absolute atomic E-state index is 11.6. The lowest BCUT2D eigenvalue weighted by Crippen LogP contribution is -2.44. The number of carbonyl (C=O) groups is 1. The van der Waals surface area contributed by atoms with E-state index in [1.807, 2.05) is 12.1 Å². The van der Waals surface area contributed by atoms with Crippen LogP contribution < -0.4 is 10.5 Å². The second-order valence-electron chi connectivity index (χ2n) is 10.6. The third-order valence-electron chi connectivity index (χ3n) is 8.87. The van der Waals surface area contributed by atoms with Gasteiger partial charge in [0, 0.05) is 10.9 Å². The molecule has 176 valence electrons. The summed E-state index contributed by atoms with van der Waals surface area (Å²) in [4.78, 5) is 11.6. The molecule has 33 heavy (non-hydrogen) atoms. The lowest BCUT2D eigenvalue weighted by atomic mass is 9.55. The Morgan fingerprint density at radius 3 is 2.88 bits per heavy atom. The summed E-state index contributed by atoms with van der Waals surface area (Å²) in [6, 6.07) is 14.3. The van der Waals surface area contributed by atoms with E-state index in [4.69, 9.17) is 10.5 Å². The molecular weight excluding hydrogens is 478 g/mol. The van der Waals surface area contributed by atoms with Gasteiger partial charge < -0.3 is 15.6 Å². The van der Waals surface area contributed by atoms with E-state index >= 15 is 0 Å². The minimum atomic E-state index is -0.395. The van der Waals surface area contributed by atoms with Crippen molar-refractivity contribution in [2.45, 2.75) is 57.5 Å². The van der Waals surface area contributed by atoms with Crippen molar-refractivity contribution < 1.29 is 14.6 Å². The lowest BCUT2D eigenvalue weighted by molar-refractivity contribution is -0.0325. The molecule has 0 heterocycles. The van der Waals surface area contributed by atoms with Crippen LogP contribution in [0.5, 0.6) is 5.75 Å². The average molecular weight is 512 g/mol. The highest BCUT2D eigenvalue weighted by Gasteiger charge is 2.57. The van der Waals surface area contributed by atoms with Gasteiger partial charge in [-0.2, -0.15) is 0 Å². The Hall–Kier alpha value is -1.85. The number of nitrogens with two attached hydrogens (primary N) is 1. The van der Waals surface area contributed by atoms with E-state index in [0.717, 1.165) is 48.7 Å². The molecule has 2 saturated carbocycles. The third-order valence-corrected chi connectivity index (χ3v) is 9.19. The highest BCUT2D eigenvalue weighted by Crippen LogP contribution is 2.62. The lowest BCUT2D eigenvalue weighted by Gasteiger charge is -2.50. The Labute approximate surface area is 205 Å². The highest BCUT2D eigenvalue weighted by atomic mass is 79.9. The van der Waals surface area contributed by atoms with Crippen LogP contribution in [-0.2, 0) is 12.8 Å². The van der Waals surface area contributed by atoms with Gasteiger partial charge in [0.25, 0.3) is 0 Å². The number of carbonyl (C=O) groups excluding carboxylic acids is 1. The molecule has 0 spiro atoms. The molecular formula is C28H34BrNO3. The SMILES string of the molecule is C[C@]12CCC3c4ccc(OCCBr)cc4CC[C@H]3C1C[C@H](Cc1cccc(C(N)=O)c1)[C@@H]2O. The van der Waals surface area contributed by atoms with Crippen molar-refractivity contribution in [2.75, 3.05) is 11.9 Å². The standard InChI is InChI=1S/C28H34BrNO3/c1-28-10-9-23-22-8-6-21(33-12-11-29)15-18(22)5-7-24(23)25(28)16-20(26(28)31)14-17-3-2-4-19(13-17)27(30)32/h2-4,6,8,13,15,20,23-26,31H,5,7,9-12,14,16H2,1H3,(H2,30,32)/t20-,23?,24+,25?,26-,28-/m0/s1. The van der Waals surface area contributed by atoms with Crippen LogP contribution >= 0.6 is 15.9 Å². The summed E-state index contributed by atoms with van der Waals surface area (Å²) in [6.07, 6.45) is 6.05. The van der Waals surface area contributed by atoms with Crippen molar-refractivity contribution in [1.29, 1.82) is 0 Å². The molecule has 2 unspecified atom stereocenters. The van der Waals surface area contributed by atoms with Crippen molar-refractivity contribution in [3.63, 3.8) is 0 Å². The molecule has 0 bridgehead atoms. The molecule has 1 amide bonds. The summed E-state index contributed by atoms with van der Waals surface area (Å²) in [5.74, 6) is 2.55. The van der Waals surface area contributed by atoms with Crippen molar-refractivity contribution in [3.05, 3.63) is 64.7 Å². The summed E-state index contributed by atoms with van der Waals surface area (Å²) < 4.78 is 5.84. The first-order valence-electron chi connectivity index (χ1n) is 12.3. The van der Waals surface area contributed by atoms with E-state index in [2.05, 4.69) is 47.1 Å². The largest absolute Gasteiger partial charge is 0.493 e. The number of amides is 1. The van der Waals surface area contributed by atoms with Gasteiger partial charge in [-0.25, -0.2) is 0 Å². The Morgan fingerprint density at radius 1 is 1.24 bits per heavy atom. The first-order chi connectivity index (χ1) is 15.9. The monoisotopic (exact) mass is 511 g/mol. The number of halogens is 1. The third kappa shape index (κ3) is 4.12. The van der Waals surface area contributed by atoms with E-state index in [1.54, 1.807) is 6.07 Å². The van der Waals surface area contributed by atoms with Gasteiger partial charge in [0.15, 0.2) is 0 Å². The van der Waals surface area contributed by atoms with Gasteiger partial charge in [0.05, 0.1) is 12.7 Å². The predicted octanol–water partition coefficient (Wildman–Crippen LogP) is 5.25. The number of fused-ring (bicyclic) bond motifs is 5. The van der Waals surface area contributed by atoms with Crippen LogP contribution in [-0.4, -0.2) is 29.1 Å². The molecule has 3 aliphatic rings. The van der Waals surface area contributed by atoms with E-state index < -0.39 is 5.91 Å². The average Bonchev–Trinajstić information content (AvgIpc) is 3.07. The van der Waals surface area contributed by atoms with Gasteiger partial charge in [-0.3, -0.25) is 4.79 Å². The number of hydrogen-bond acceptors (Lipinski definition) is 3. The molecule has 3 aliphatic carbocycles. The Bertz CT molecular complexity index is 1040. The Kier molecular flexibility index (Phi) is 6.30. The first kappa shape index (κ1) is 22.9. The molecule has 2 aromatic rings. The molecule has 0 saturated heterocycles. The minimum absolute atomic E-state index is 0.0242. The summed E-state index contributed by atoms with van der Waals surface area (Å²) >= 11 is 3.43. The summed E-state index contributed by atoms with van der Waals surface area (Å²) in [5.41, 5.74) is 10.1. The number of hydrogen-bond donors (Lipinski definition) is 2. The molecule has 2 aromatic carbocycles. The first-order valence-corrected chi connectivity index (χ1v) is 13.4. The predicted molar refractivity (Wildman–Crippen MR) is 134 cm³/mol. The maximum atomic E-state index is 11.6. The van der Waals surface area contributed by atoms with Gasteiger partial charge in [0.1, 0.15) is 5.75 Å². The topological polar surface area (TPSA) is 72.5 Å². The molecule has 2 fully saturated rings. The van der Waals surface area contributed by atoms with Crippen molar-refractivity contribution in [3.8, 4) is 5.75 Å². The molecule has 6 atom stereocenters. The summed E-state index contributed by atoms with van der Waals surface area (Å²) in [7, 11) is 0. The maximum Gasteiger partial charge on any atom is 0.248 e. The fourth-order valence-corrected chi connectivity index (χ4v) is 7.47. The smallest absolute Gasteiger partial charge is 0.248 e. The molecule has 0 aliphatic heterocycles. The normalized spacial score (nSPS) is 32.5. The molecule has 0 aromatic heterocycles. The van der Waals surface area contributed by atoms with Crippen LogP contribution in [0.15, 0.2) is 42.5 Å². The quantitative estimate of drug-likeness (QED) is 0.520. The van der Waals surface area contributed by atoms with Gasteiger partial charge in [-0.1, -0.05) is 41.1 Å². The van der Waals surface area contributed by atoms with Gasteiger partial charge in [0.2, 0.25) is 5.91 Å². The number of benzene rings is 2. The zero-order valence-electron chi connectivity index (χ0n) is 19.3. The number of aryl methyl sites for hydroxylation is 1. The number of primary amides is 1. The Balaban J connectivity index is 1.36. The molecule has 5 rings (SSSR count). The number of alkyl halides is 1. The number of ether oxygens (including phenoxy) is 1. The van der Waals surface area contributed by atoms with Crippen LogP contribution in [0.3, 0.4) is 0 Å². The van der Waals surface area contributed by atoms with E-state index in [9.17, 15) is 9.90 Å². The van der Waals surface area contributed by atoms with E-state index in [-0.39, 0.29) is 17.4 Å². The highest BCUT2D eigenvalue weighted by molar-refractivity contribution is 9.09. The van der Waals surface area contributed by atoms with E-state index in [0.29, 0.717) is 29.9 Å². The summed E-state index contributed by atoms with van der Waals surface area (Å²) in [6.45, 7) is 3.01. The van der Waals surface area contributed by atoms with Crippen molar-refractivity contribution in [1.82, 2.24) is 0 Å². The van der Waals surface area contributed by atoms with Crippen LogP contribution in [0.4, 0.5) is 0 Å². The van der Waals surface area contributed by atoms with Crippen molar-refractivity contribution >= 4 is 21.8 Å². The van der Waals surface area contributed by atoms with Gasteiger partial charge in [-0.15, -0.1) is 0 Å². The van der Waals surface area contributed by atoms with Crippen LogP contribution in [0.25, 0.3) is 0 Å². The second-order valence-corrected chi connectivity index (χ2v) is 11.4. The fraction of sp³-hybridized carbons (Fsp3) is 0.536. The van der Waals surface area contributed by atoms with Crippen LogP contribution in [0, 0.1) is 23.2 Å². The fourth-order valence-electron chi connectivity index (χ4n) is 7.31. The summed E-state index contributed by atoms with van der Waals surface area (Å²) in [5, 5.41) is 12.3. The minimum Gasteiger partial charge on any atom is -0.493 e. The van der Waals surface area contributed by atoms with Crippen LogP contribution in [0.2, 0.25) is 0 Å². The molecule has 5 heteroatoms. The second kappa shape index (κ2) is 9.07. The number of aliphatic hydroxyl groups is 1. The van der Waals surface area contributed by atoms with Crippen LogP contribution in [0.1, 0.15) is 65.6 Å². The van der Waals surface area contributed by atoms with Gasteiger partial charge >= 0.3 is 0 Å². The van der Waals surface area contributed by atoms with E-state index in [1.165, 1.54) is 17.5 Å². The zero-order chi connectivity index (χ0) is 23.2. The van der Waals surface area contributed by atoms with Gasteiger partial charge in [-0.05, 0) is 109 Å². The van der Waals surface area contributed by atoms with Crippen molar-refractivity contribution in [2.24, 2.45) is 28.9 Å².